The molecule has 16 heavy (non-hydrogen) atoms. The van der Waals surface area contributed by atoms with Crippen LogP contribution in [0.4, 0.5) is 0 Å². The van der Waals surface area contributed by atoms with Gasteiger partial charge < -0.3 is 0 Å². The van der Waals surface area contributed by atoms with Crippen molar-refractivity contribution in [2.24, 2.45) is 0 Å². The van der Waals surface area contributed by atoms with E-state index in [0.717, 1.165) is 28.7 Å². The second kappa shape index (κ2) is 5.02. The Hall–Kier alpha value is -0.800. The molecule has 84 valence electrons. The molecule has 2 rings (SSSR count). The molecule has 2 aromatic rings. The molecular formula is C12H12BrClN2. The van der Waals surface area contributed by atoms with Crippen LogP contribution in [0, 0.1) is 0 Å². The summed E-state index contributed by atoms with van der Waals surface area (Å²) in [5, 5.41) is 5.13. The zero-order chi connectivity index (χ0) is 11.5. The van der Waals surface area contributed by atoms with Crippen molar-refractivity contribution in [1.29, 1.82) is 0 Å². The quantitative estimate of drug-likeness (QED) is 0.829. The van der Waals surface area contributed by atoms with E-state index in [1.807, 2.05) is 30.3 Å². The first-order chi connectivity index (χ1) is 7.70. The van der Waals surface area contributed by atoms with Crippen LogP contribution < -0.4 is 0 Å². The highest BCUT2D eigenvalue weighted by atomic mass is 79.9. The molecule has 0 aliphatic heterocycles. The molecule has 1 heterocycles. The number of hydrogen-bond donors (Lipinski definition) is 0. The first-order valence-electron chi connectivity index (χ1n) is 5.21. The van der Waals surface area contributed by atoms with Gasteiger partial charge in [-0.25, -0.2) is 4.68 Å². The molecule has 0 unspecified atom stereocenters. The molecule has 2 nitrogen and oxygen atoms in total. The lowest BCUT2D eigenvalue weighted by atomic mass is 10.3. The average molecular weight is 300 g/mol. The average Bonchev–Trinajstić information content (AvgIpc) is 2.61. The van der Waals surface area contributed by atoms with Crippen LogP contribution in [0.5, 0.6) is 0 Å². The smallest absolute Gasteiger partial charge is 0.133 e. The molecule has 0 atom stereocenters. The lowest BCUT2D eigenvalue weighted by Gasteiger charge is -2.02. The Morgan fingerprint density at radius 1 is 1.31 bits per heavy atom. The maximum atomic E-state index is 6.14. The summed E-state index contributed by atoms with van der Waals surface area (Å²) in [7, 11) is 0. The molecule has 0 amide bonds. The van der Waals surface area contributed by atoms with E-state index in [2.05, 4.69) is 28.0 Å². The summed E-state index contributed by atoms with van der Waals surface area (Å²) in [5.41, 5.74) is 2.02. The van der Waals surface area contributed by atoms with Crippen molar-refractivity contribution >= 4 is 27.5 Å². The second-order valence-electron chi connectivity index (χ2n) is 3.60. The van der Waals surface area contributed by atoms with Crippen molar-refractivity contribution in [2.45, 2.75) is 19.8 Å². The highest BCUT2D eigenvalue weighted by molar-refractivity contribution is 9.10. The third-order valence-electron chi connectivity index (χ3n) is 2.29. The van der Waals surface area contributed by atoms with Gasteiger partial charge in [-0.2, -0.15) is 5.10 Å². The van der Waals surface area contributed by atoms with Crippen molar-refractivity contribution < 1.29 is 0 Å². The second-order valence-corrected chi connectivity index (χ2v) is 4.90. The molecular weight excluding hydrogens is 288 g/mol. The topological polar surface area (TPSA) is 17.8 Å². The number of aryl methyl sites for hydroxylation is 1. The van der Waals surface area contributed by atoms with E-state index in [0.29, 0.717) is 5.15 Å². The van der Waals surface area contributed by atoms with Crippen molar-refractivity contribution in [2.75, 3.05) is 0 Å². The van der Waals surface area contributed by atoms with E-state index in [1.54, 1.807) is 4.68 Å². The molecule has 0 fully saturated rings. The summed E-state index contributed by atoms with van der Waals surface area (Å²) in [6, 6.07) is 9.85. The first-order valence-corrected chi connectivity index (χ1v) is 6.38. The van der Waals surface area contributed by atoms with Gasteiger partial charge in [0, 0.05) is 4.47 Å². The molecule has 0 aliphatic carbocycles. The molecule has 0 saturated carbocycles. The fraction of sp³-hybridized carbons (Fsp3) is 0.250. The van der Waals surface area contributed by atoms with E-state index in [-0.39, 0.29) is 0 Å². The molecule has 1 aromatic heterocycles. The van der Waals surface area contributed by atoms with Gasteiger partial charge in [0.2, 0.25) is 0 Å². The summed E-state index contributed by atoms with van der Waals surface area (Å²) >= 11 is 9.55. The summed E-state index contributed by atoms with van der Waals surface area (Å²) in [5.74, 6) is 0. The summed E-state index contributed by atoms with van der Waals surface area (Å²) in [6.45, 7) is 2.13. The monoisotopic (exact) mass is 298 g/mol. The first kappa shape index (κ1) is 11.7. The Bertz CT molecular complexity index is 476. The van der Waals surface area contributed by atoms with E-state index in [9.17, 15) is 0 Å². The van der Waals surface area contributed by atoms with Gasteiger partial charge in [-0.15, -0.1) is 0 Å². The van der Waals surface area contributed by atoms with Gasteiger partial charge in [0.15, 0.2) is 0 Å². The zero-order valence-corrected chi connectivity index (χ0v) is 11.3. The Labute approximate surface area is 108 Å². The molecule has 1 aromatic carbocycles. The molecule has 0 N–H and O–H groups in total. The largest absolute Gasteiger partial charge is 0.222 e. The minimum Gasteiger partial charge on any atom is -0.222 e. The Morgan fingerprint density at radius 2 is 2.00 bits per heavy atom. The fourth-order valence-corrected chi connectivity index (χ4v) is 2.07. The summed E-state index contributed by atoms with van der Waals surface area (Å²) in [6.07, 6.45) is 2.04. The van der Waals surface area contributed by atoms with Gasteiger partial charge in [-0.1, -0.05) is 40.9 Å². The predicted octanol–water partition coefficient (Wildman–Crippen LogP) is 4.24. The fourth-order valence-electron chi connectivity index (χ4n) is 1.55. The van der Waals surface area contributed by atoms with Gasteiger partial charge in [0.1, 0.15) is 5.15 Å². The van der Waals surface area contributed by atoms with E-state index >= 15 is 0 Å². The van der Waals surface area contributed by atoms with Crippen LogP contribution in [0.1, 0.15) is 19.0 Å². The third-order valence-corrected chi connectivity index (χ3v) is 3.09. The van der Waals surface area contributed by atoms with Gasteiger partial charge in [-0.05, 0) is 36.8 Å². The Kier molecular flexibility index (Phi) is 3.66. The van der Waals surface area contributed by atoms with Crippen LogP contribution in [-0.2, 0) is 6.42 Å². The van der Waals surface area contributed by atoms with Gasteiger partial charge in [0.25, 0.3) is 0 Å². The molecule has 0 bridgehead atoms. The third kappa shape index (κ3) is 2.47. The summed E-state index contributed by atoms with van der Waals surface area (Å²) in [4.78, 5) is 0. The molecule has 0 saturated heterocycles. The van der Waals surface area contributed by atoms with Crippen LogP contribution in [0.15, 0.2) is 34.8 Å². The molecule has 0 radical (unpaired) electrons. The number of hydrogen-bond acceptors (Lipinski definition) is 1. The lowest BCUT2D eigenvalue weighted by molar-refractivity contribution is 0.807. The number of nitrogens with zero attached hydrogens (tertiary/aromatic N) is 2. The molecule has 0 aliphatic rings. The van der Waals surface area contributed by atoms with Gasteiger partial charge in [0.05, 0.1) is 11.4 Å². The van der Waals surface area contributed by atoms with Crippen LogP contribution in [0.3, 0.4) is 0 Å². The Balaban J connectivity index is 2.36. The lowest BCUT2D eigenvalue weighted by Crippen LogP contribution is -1.97. The number of rotatable bonds is 3. The van der Waals surface area contributed by atoms with Crippen LogP contribution in [-0.4, -0.2) is 9.78 Å². The standard InChI is InChI=1S/C12H12BrClN2/c1-2-3-10-8-12(14)16(15-10)11-6-4-9(13)5-7-11/h4-8H,2-3H2,1H3. The normalized spacial score (nSPS) is 10.7. The van der Waals surface area contributed by atoms with E-state index < -0.39 is 0 Å². The maximum absolute atomic E-state index is 6.14. The van der Waals surface area contributed by atoms with E-state index in [1.165, 1.54) is 0 Å². The SMILES string of the molecule is CCCc1cc(Cl)n(-c2ccc(Br)cc2)n1. The highest BCUT2D eigenvalue weighted by Crippen LogP contribution is 2.19. The summed E-state index contributed by atoms with van der Waals surface area (Å²) < 4.78 is 2.81. The highest BCUT2D eigenvalue weighted by Gasteiger charge is 2.06. The zero-order valence-electron chi connectivity index (χ0n) is 8.95. The van der Waals surface area contributed by atoms with Crippen molar-refractivity contribution in [3.05, 3.63) is 45.7 Å². The Morgan fingerprint density at radius 3 is 2.62 bits per heavy atom. The van der Waals surface area contributed by atoms with Crippen molar-refractivity contribution in [1.82, 2.24) is 9.78 Å². The number of benzene rings is 1. The maximum Gasteiger partial charge on any atom is 0.133 e. The molecule has 4 heteroatoms. The van der Waals surface area contributed by atoms with E-state index in [4.69, 9.17) is 11.6 Å². The van der Waals surface area contributed by atoms with Gasteiger partial charge in [-0.3, -0.25) is 0 Å². The van der Waals surface area contributed by atoms with Crippen LogP contribution in [0.2, 0.25) is 5.15 Å². The number of aromatic nitrogens is 2. The van der Waals surface area contributed by atoms with Crippen molar-refractivity contribution in [3.8, 4) is 5.69 Å². The van der Waals surface area contributed by atoms with Gasteiger partial charge >= 0.3 is 0 Å². The molecule has 0 spiro atoms. The van der Waals surface area contributed by atoms with Crippen molar-refractivity contribution in [3.63, 3.8) is 0 Å². The van der Waals surface area contributed by atoms with Crippen LogP contribution in [0.25, 0.3) is 5.69 Å². The minimum atomic E-state index is 0.658. The minimum absolute atomic E-state index is 0.658. The van der Waals surface area contributed by atoms with Crippen LogP contribution >= 0.6 is 27.5 Å². The number of halogens is 2. The predicted molar refractivity (Wildman–Crippen MR) is 70.3 cm³/mol.